The van der Waals surface area contributed by atoms with Crippen molar-refractivity contribution in [3.63, 3.8) is 0 Å². The van der Waals surface area contributed by atoms with E-state index in [9.17, 15) is 18.4 Å². The number of Topliss-reactive ketones (excluding diaryl/α,β-unsaturated/α-hetero) is 2. The van der Waals surface area contributed by atoms with Gasteiger partial charge < -0.3 is 0 Å². The van der Waals surface area contributed by atoms with Crippen molar-refractivity contribution >= 4 is 11.6 Å². The summed E-state index contributed by atoms with van der Waals surface area (Å²) < 4.78 is 23.8. The maximum absolute atomic E-state index is 11.9. The molecular formula is C8H8F2O2. The van der Waals surface area contributed by atoms with Gasteiger partial charge in [-0.25, -0.2) is 8.78 Å². The standard InChI is InChI=1S/C8H8F2O2/c9-8(10)7(12)5-2-3-1-4(3)6(5)11/h3-5,8H,1-2H2. The molecule has 0 bridgehead atoms. The Balaban J connectivity index is 2.06. The summed E-state index contributed by atoms with van der Waals surface area (Å²) in [6.07, 6.45) is -1.80. The highest BCUT2D eigenvalue weighted by Crippen LogP contribution is 2.52. The summed E-state index contributed by atoms with van der Waals surface area (Å²) in [6, 6.07) is 0. The van der Waals surface area contributed by atoms with Gasteiger partial charge in [0, 0.05) is 5.92 Å². The molecule has 2 fully saturated rings. The van der Waals surface area contributed by atoms with Gasteiger partial charge >= 0.3 is 0 Å². The van der Waals surface area contributed by atoms with E-state index in [0.29, 0.717) is 6.42 Å². The van der Waals surface area contributed by atoms with Crippen molar-refractivity contribution in [1.29, 1.82) is 0 Å². The number of hydrogen-bond donors (Lipinski definition) is 0. The number of ketones is 2. The lowest BCUT2D eigenvalue weighted by molar-refractivity contribution is -0.139. The second-order valence-electron chi connectivity index (χ2n) is 3.50. The van der Waals surface area contributed by atoms with Crippen molar-refractivity contribution in [2.45, 2.75) is 19.3 Å². The summed E-state index contributed by atoms with van der Waals surface area (Å²) in [5, 5.41) is 0. The Morgan fingerprint density at radius 3 is 2.50 bits per heavy atom. The Morgan fingerprint density at radius 1 is 1.42 bits per heavy atom. The molecule has 3 atom stereocenters. The molecule has 0 aliphatic heterocycles. The first-order chi connectivity index (χ1) is 5.61. The summed E-state index contributed by atoms with van der Waals surface area (Å²) in [6.45, 7) is 0. The Bertz CT molecular complexity index is 249. The molecule has 2 rings (SSSR count). The third-order valence-corrected chi connectivity index (χ3v) is 2.73. The Kier molecular flexibility index (Phi) is 1.53. The van der Waals surface area contributed by atoms with Crippen LogP contribution < -0.4 is 0 Å². The van der Waals surface area contributed by atoms with E-state index in [1.165, 1.54) is 0 Å². The van der Waals surface area contributed by atoms with Crippen LogP contribution in [0.1, 0.15) is 12.8 Å². The smallest absolute Gasteiger partial charge is 0.296 e. The first-order valence-electron chi connectivity index (χ1n) is 3.97. The summed E-state index contributed by atoms with van der Waals surface area (Å²) in [7, 11) is 0. The van der Waals surface area contributed by atoms with Gasteiger partial charge in [-0.15, -0.1) is 0 Å². The molecule has 2 saturated carbocycles. The summed E-state index contributed by atoms with van der Waals surface area (Å²) in [4.78, 5) is 21.9. The summed E-state index contributed by atoms with van der Waals surface area (Å²) in [5.74, 6) is -2.21. The van der Waals surface area contributed by atoms with E-state index in [1.807, 2.05) is 0 Å². The average molecular weight is 174 g/mol. The lowest BCUT2D eigenvalue weighted by Gasteiger charge is -2.07. The van der Waals surface area contributed by atoms with Crippen LogP contribution >= 0.6 is 0 Å². The highest BCUT2D eigenvalue weighted by Gasteiger charge is 2.56. The van der Waals surface area contributed by atoms with Crippen molar-refractivity contribution in [3.05, 3.63) is 0 Å². The van der Waals surface area contributed by atoms with Crippen molar-refractivity contribution in [1.82, 2.24) is 0 Å². The Hall–Kier alpha value is -0.800. The monoisotopic (exact) mass is 174 g/mol. The molecule has 2 nitrogen and oxygen atoms in total. The predicted molar refractivity (Wildman–Crippen MR) is 35.7 cm³/mol. The fourth-order valence-electron chi connectivity index (χ4n) is 1.94. The molecule has 0 amide bonds. The lowest BCUT2D eigenvalue weighted by atomic mass is 9.97. The van der Waals surface area contributed by atoms with Crippen LogP contribution in [-0.2, 0) is 9.59 Å². The number of hydrogen-bond acceptors (Lipinski definition) is 2. The molecule has 0 aromatic rings. The molecule has 0 saturated heterocycles. The molecule has 0 aromatic heterocycles. The zero-order valence-corrected chi connectivity index (χ0v) is 6.30. The lowest BCUT2D eigenvalue weighted by Crippen LogP contribution is -2.27. The van der Waals surface area contributed by atoms with Gasteiger partial charge in [-0.2, -0.15) is 0 Å². The van der Waals surface area contributed by atoms with Crippen molar-refractivity contribution < 1.29 is 18.4 Å². The molecule has 0 heterocycles. The first-order valence-corrected chi connectivity index (χ1v) is 3.97. The van der Waals surface area contributed by atoms with Gasteiger partial charge in [0.05, 0.1) is 5.92 Å². The Labute approximate surface area is 67.9 Å². The van der Waals surface area contributed by atoms with Crippen molar-refractivity contribution in [3.8, 4) is 0 Å². The van der Waals surface area contributed by atoms with Crippen LogP contribution in [0.15, 0.2) is 0 Å². The normalized spacial score (nSPS) is 38.6. The van der Waals surface area contributed by atoms with Crippen molar-refractivity contribution in [2.75, 3.05) is 0 Å². The molecule has 2 aliphatic carbocycles. The minimum Gasteiger partial charge on any atom is -0.299 e. The minimum absolute atomic E-state index is 0.0577. The molecule has 12 heavy (non-hydrogen) atoms. The third kappa shape index (κ3) is 0.974. The average Bonchev–Trinajstić information content (AvgIpc) is 2.71. The van der Waals surface area contributed by atoms with E-state index in [2.05, 4.69) is 0 Å². The molecule has 0 radical (unpaired) electrons. The quantitative estimate of drug-likeness (QED) is 0.586. The number of alkyl halides is 2. The second kappa shape index (κ2) is 2.34. The van der Waals surface area contributed by atoms with E-state index >= 15 is 0 Å². The highest BCUT2D eigenvalue weighted by molar-refractivity contribution is 6.07. The predicted octanol–water partition coefficient (Wildman–Crippen LogP) is 1.05. The van der Waals surface area contributed by atoms with E-state index in [1.54, 1.807) is 0 Å². The number of fused-ring (bicyclic) bond motifs is 1. The van der Waals surface area contributed by atoms with Crippen LogP contribution in [0.3, 0.4) is 0 Å². The van der Waals surface area contributed by atoms with E-state index < -0.39 is 18.1 Å². The first kappa shape index (κ1) is 7.83. The van der Waals surface area contributed by atoms with Crippen LogP contribution in [0.2, 0.25) is 0 Å². The van der Waals surface area contributed by atoms with Gasteiger partial charge in [0.15, 0.2) is 0 Å². The molecule has 2 aliphatic rings. The molecular weight excluding hydrogens is 166 g/mol. The summed E-state index contributed by atoms with van der Waals surface area (Å²) >= 11 is 0. The van der Waals surface area contributed by atoms with Gasteiger partial charge in [-0.1, -0.05) is 0 Å². The molecule has 0 spiro atoms. The van der Waals surface area contributed by atoms with Crippen LogP contribution in [0.25, 0.3) is 0 Å². The molecule has 4 heteroatoms. The number of rotatable bonds is 2. The van der Waals surface area contributed by atoms with Crippen molar-refractivity contribution in [2.24, 2.45) is 17.8 Å². The topological polar surface area (TPSA) is 34.1 Å². The minimum atomic E-state index is -2.98. The maximum atomic E-state index is 11.9. The van der Waals surface area contributed by atoms with Gasteiger partial charge in [-0.3, -0.25) is 9.59 Å². The second-order valence-corrected chi connectivity index (χ2v) is 3.50. The SMILES string of the molecule is O=C(C(F)F)C1CC2CC2C1=O. The zero-order valence-electron chi connectivity index (χ0n) is 6.30. The fourth-order valence-corrected chi connectivity index (χ4v) is 1.94. The maximum Gasteiger partial charge on any atom is 0.296 e. The zero-order chi connectivity index (χ0) is 8.88. The van der Waals surface area contributed by atoms with Crippen LogP contribution in [0.4, 0.5) is 8.78 Å². The molecule has 3 unspecified atom stereocenters. The number of carbonyl (C=O) groups is 2. The van der Waals surface area contributed by atoms with Crippen LogP contribution in [0, 0.1) is 17.8 Å². The number of carbonyl (C=O) groups excluding carboxylic acids is 2. The van der Waals surface area contributed by atoms with E-state index in [0.717, 1.165) is 6.42 Å². The molecule has 0 aromatic carbocycles. The summed E-state index contributed by atoms with van der Waals surface area (Å²) in [5.41, 5.74) is 0. The molecule has 0 N–H and O–H groups in total. The van der Waals surface area contributed by atoms with Gasteiger partial charge in [0.1, 0.15) is 5.78 Å². The number of halogens is 2. The van der Waals surface area contributed by atoms with Crippen LogP contribution in [-0.4, -0.2) is 18.0 Å². The highest BCUT2D eigenvalue weighted by atomic mass is 19.3. The van der Waals surface area contributed by atoms with E-state index in [4.69, 9.17) is 0 Å². The Morgan fingerprint density at radius 2 is 2.08 bits per heavy atom. The van der Waals surface area contributed by atoms with Gasteiger partial charge in [0.2, 0.25) is 5.78 Å². The van der Waals surface area contributed by atoms with E-state index in [-0.39, 0.29) is 17.6 Å². The largest absolute Gasteiger partial charge is 0.299 e. The van der Waals surface area contributed by atoms with Gasteiger partial charge in [0.25, 0.3) is 6.43 Å². The molecule has 66 valence electrons. The third-order valence-electron chi connectivity index (χ3n) is 2.73. The van der Waals surface area contributed by atoms with Gasteiger partial charge in [-0.05, 0) is 18.8 Å². The fraction of sp³-hybridized carbons (Fsp3) is 0.750. The van der Waals surface area contributed by atoms with Crippen LogP contribution in [0.5, 0.6) is 0 Å².